The molecule has 0 bridgehead atoms. The van der Waals surface area contributed by atoms with Crippen LogP contribution in [0.25, 0.3) is 22.4 Å². The van der Waals surface area contributed by atoms with Gasteiger partial charge in [-0.25, -0.2) is 14.2 Å². The molecule has 1 saturated heterocycles. The van der Waals surface area contributed by atoms with Crippen LogP contribution in [0.1, 0.15) is 24.0 Å². The average molecular weight is 569 g/mol. The Kier molecular flexibility index (Phi) is 8.39. The van der Waals surface area contributed by atoms with Crippen LogP contribution in [0.2, 0.25) is 0 Å². The van der Waals surface area contributed by atoms with Crippen molar-refractivity contribution in [2.75, 3.05) is 25.1 Å². The lowest BCUT2D eigenvalue weighted by atomic mass is 9.96. The lowest BCUT2D eigenvalue weighted by Gasteiger charge is -2.32. The van der Waals surface area contributed by atoms with E-state index in [9.17, 15) is 19.6 Å². The second kappa shape index (κ2) is 12.5. The SMILES string of the molecule is COc1ccc(-c2c(O)cc(N3CCC(OC(N)=O)CC3)nc2-c2ccc(C#N)c(F)c2)cc1OCc1ccccc1. The van der Waals surface area contributed by atoms with Crippen LogP contribution in [0, 0.1) is 17.1 Å². The first-order chi connectivity index (χ1) is 20.4. The minimum absolute atomic E-state index is 0.0746. The molecular weight excluding hydrogens is 539 g/mol. The molecule has 0 aliphatic carbocycles. The molecule has 3 aromatic carbocycles. The summed E-state index contributed by atoms with van der Waals surface area (Å²) in [5.74, 6) is 0.664. The number of carbonyl (C=O) groups is 1. The molecule has 10 heteroatoms. The second-order valence-corrected chi connectivity index (χ2v) is 9.79. The molecule has 2 heterocycles. The van der Waals surface area contributed by atoms with Crippen molar-refractivity contribution in [1.82, 2.24) is 4.98 Å². The van der Waals surface area contributed by atoms with E-state index in [1.54, 1.807) is 37.4 Å². The van der Waals surface area contributed by atoms with Crippen LogP contribution in [0.3, 0.4) is 0 Å². The summed E-state index contributed by atoms with van der Waals surface area (Å²) in [6.45, 7) is 1.31. The Hall–Kier alpha value is -5.30. The number of hydrogen-bond donors (Lipinski definition) is 2. The van der Waals surface area contributed by atoms with Crippen molar-refractivity contribution >= 4 is 11.9 Å². The molecule has 4 aromatic rings. The van der Waals surface area contributed by atoms with E-state index in [0.717, 1.165) is 5.56 Å². The minimum Gasteiger partial charge on any atom is -0.507 e. The standard InChI is InChI=1S/C32H29FN4O5/c1-40-27-10-9-21(16-28(27)41-19-20-5-3-2-4-6-20)30-26(38)17-29(37-13-11-24(12-14-37)42-32(35)39)36-31(30)22-7-8-23(18-34)25(33)15-22/h2-10,15-17,24H,11-14,19H2,1H3,(H2,35,39)(H,36,38). The second-order valence-electron chi connectivity index (χ2n) is 9.79. The lowest BCUT2D eigenvalue weighted by Crippen LogP contribution is -2.39. The number of rotatable bonds is 8. The zero-order chi connectivity index (χ0) is 29.6. The fourth-order valence-corrected chi connectivity index (χ4v) is 4.97. The van der Waals surface area contributed by atoms with Gasteiger partial charge in [-0.1, -0.05) is 42.5 Å². The molecule has 1 aliphatic rings. The van der Waals surface area contributed by atoms with E-state index in [1.165, 1.54) is 12.1 Å². The minimum atomic E-state index is -0.815. The fraction of sp³-hybridized carbons (Fsp3) is 0.219. The van der Waals surface area contributed by atoms with Gasteiger partial charge < -0.3 is 30.0 Å². The molecule has 0 unspecified atom stereocenters. The van der Waals surface area contributed by atoms with E-state index in [0.29, 0.717) is 72.2 Å². The highest BCUT2D eigenvalue weighted by Gasteiger charge is 2.25. The Balaban J connectivity index is 1.56. The average Bonchev–Trinajstić information content (AvgIpc) is 3.00. The van der Waals surface area contributed by atoms with Crippen LogP contribution < -0.4 is 20.1 Å². The Morgan fingerprint density at radius 1 is 1.07 bits per heavy atom. The van der Waals surface area contributed by atoms with Gasteiger partial charge in [0.25, 0.3) is 0 Å². The Morgan fingerprint density at radius 3 is 2.48 bits per heavy atom. The van der Waals surface area contributed by atoms with Gasteiger partial charge >= 0.3 is 6.09 Å². The van der Waals surface area contributed by atoms with Crippen molar-refractivity contribution in [3.05, 3.63) is 89.7 Å². The van der Waals surface area contributed by atoms with Crippen LogP contribution in [0.5, 0.6) is 17.2 Å². The highest BCUT2D eigenvalue weighted by atomic mass is 19.1. The summed E-state index contributed by atoms with van der Waals surface area (Å²) in [6.07, 6.45) is -0.0408. The largest absolute Gasteiger partial charge is 0.507 e. The first-order valence-electron chi connectivity index (χ1n) is 13.4. The Labute approximate surface area is 242 Å². The summed E-state index contributed by atoms with van der Waals surface area (Å²) in [5, 5.41) is 20.7. The third-order valence-electron chi connectivity index (χ3n) is 7.09. The van der Waals surface area contributed by atoms with Crippen molar-refractivity contribution in [3.63, 3.8) is 0 Å². The number of hydrogen-bond acceptors (Lipinski definition) is 8. The Morgan fingerprint density at radius 2 is 1.81 bits per heavy atom. The first-order valence-corrected chi connectivity index (χ1v) is 13.4. The van der Waals surface area contributed by atoms with Gasteiger partial charge in [0.1, 0.15) is 36.2 Å². The van der Waals surface area contributed by atoms with E-state index in [4.69, 9.17) is 24.9 Å². The summed E-state index contributed by atoms with van der Waals surface area (Å²) in [6, 6.07) is 22.5. The number of anilines is 1. The van der Waals surface area contributed by atoms with Crippen molar-refractivity contribution in [3.8, 4) is 45.7 Å². The number of ether oxygens (including phenoxy) is 3. The number of primary amides is 1. The zero-order valence-electron chi connectivity index (χ0n) is 22.9. The number of nitriles is 1. The topological polar surface area (TPSA) is 131 Å². The highest BCUT2D eigenvalue weighted by molar-refractivity contribution is 5.87. The number of nitrogens with zero attached hydrogens (tertiary/aromatic N) is 3. The number of pyridine rings is 1. The number of amides is 1. The van der Waals surface area contributed by atoms with Crippen LogP contribution in [0.15, 0.2) is 72.8 Å². The van der Waals surface area contributed by atoms with Gasteiger partial charge in [-0.15, -0.1) is 0 Å². The van der Waals surface area contributed by atoms with E-state index in [1.807, 2.05) is 41.3 Å². The van der Waals surface area contributed by atoms with Crippen LogP contribution in [-0.2, 0) is 11.3 Å². The molecule has 1 fully saturated rings. The summed E-state index contributed by atoms with van der Waals surface area (Å²) in [7, 11) is 1.54. The normalized spacial score (nSPS) is 13.3. The Bertz CT molecular complexity index is 1630. The van der Waals surface area contributed by atoms with Gasteiger partial charge in [0.2, 0.25) is 0 Å². The van der Waals surface area contributed by atoms with Crippen molar-refractivity contribution < 1.29 is 28.5 Å². The first kappa shape index (κ1) is 28.2. The lowest BCUT2D eigenvalue weighted by molar-refractivity contribution is 0.0911. The third-order valence-corrected chi connectivity index (χ3v) is 7.09. The van der Waals surface area contributed by atoms with Crippen LogP contribution in [0.4, 0.5) is 15.0 Å². The number of aromatic hydroxyl groups is 1. The monoisotopic (exact) mass is 568 g/mol. The predicted molar refractivity (Wildman–Crippen MR) is 155 cm³/mol. The van der Waals surface area contributed by atoms with Crippen molar-refractivity contribution in [2.24, 2.45) is 5.73 Å². The molecule has 1 aliphatic heterocycles. The van der Waals surface area contributed by atoms with Crippen LogP contribution >= 0.6 is 0 Å². The number of aromatic nitrogens is 1. The van der Waals surface area contributed by atoms with Crippen LogP contribution in [-0.4, -0.2) is 42.5 Å². The van der Waals surface area contributed by atoms with Gasteiger partial charge in [0, 0.05) is 37.6 Å². The molecule has 1 aromatic heterocycles. The molecule has 0 atom stereocenters. The van der Waals surface area contributed by atoms with Crippen molar-refractivity contribution in [1.29, 1.82) is 5.26 Å². The summed E-state index contributed by atoms with van der Waals surface area (Å²) in [4.78, 5) is 18.0. The van der Waals surface area contributed by atoms with Gasteiger partial charge in [-0.2, -0.15) is 5.26 Å². The number of methoxy groups -OCH3 is 1. The molecular formula is C32H29FN4O5. The van der Waals surface area contributed by atoms with E-state index in [2.05, 4.69) is 0 Å². The van der Waals surface area contributed by atoms with E-state index < -0.39 is 11.9 Å². The maximum Gasteiger partial charge on any atom is 0.404 e. The van der Waals surface area contributed by atoms with Gasteiger partial charge in [-0.05, 0) is 35.4 Å². The molecule has 1 amide bonds. The number of carbonyl (C=O) groups excluding carboxylic acids is 1. The van der Waals surface area contributed by atoms with E-state index in [-0.39, 0.29) is 17.4 Å². The number of nitrogens with two attached hydrogens (primary N) is 1. The van der Waals surface area contributed by atoms with Gasteiger partial charge in [0.15, 0.2) is 11.5 Å². The van der Waals surface area contributed by atoms with Gasteiger partial charge in [0.05, 0.1) is 23.9 Å². The number of halogens is 1. The highest BCUT2D eigenvalue weighted by Crippen LogP contribution is 2.43. The van der Waals surface area contributed by atoms with Crippen molar-refractivity contribution in [2.45, 2.75) is 25.6 Å². The fourth-order valence-electron chi connectivity index (χ4n) is 4.97. The van der Waals surface area contributed by atoms with E-state index >= 15 is 0 Å². The van der Waals surface area contributed by atoms with Gasteiger partial charge in [-0.3, -0.25) is 0 Å². The quantitative estimate of drug-likeness (QED) is 0.273. The zero-order valence-corrected chi connectivity index (χ0v) is 22.9. The maximum absolute atomic E-state index is 14.8. The summed E-state index contributed by atoms with van der Waals surface area (Å²) < 4.78 is 31.5. The molecule has 5 rings (SSSR count). The molecule has 3 N–H and O–H groups in total. The summed E-state index contributed by atoms with van der Waals surface area (Å²) >= 11 is 0. The molecule has 42 heavy (non-hydrogen) atoms. The number of piperidine rings is 1. The molecule has 0 radical (unpaired) electrons. The smallest absolute Gasteiger partial charge is 0.404 e. The molecule has 214 valence electrons. The number of benzene rings is 3. The maximum atomic E-state index is 14.8. The molecule has 9 nitrogen and oxygen atoms in total. The summed E-state index contributed by atoms with van der Waals surface area (Å²) in [5.41, 5.74) is 7.68. The predicted octanol–water partition coefficient (Wildman–Crippen LogP) is 5.78. The molecule has 0 spiro atoms. The molecule has 0 saturated carbocycles. The third kappa shape index (κ3) is 6.20.